The van der Waals surface area contributed by atoms with E-state index in [0.29, 0.717) is 22.5 Å². The molecule has 0 spiro atoms. The van der Waals surface area contributed by atoms with Gasteiger partial charge in [0.1, 0.15) is 24.7 Å². The molecule has 5 rings (SSSR count). The van der Waals surface area contributed by atoms with Crippen molar-refractivity contribution in [1.82, 2.24) is 4.57 Å². The van der Waals surface area contributed by atoms with Crippen LogP contribution < -0.4 is 24.3 Å². The maximum atomic E-state index is 13.7. The minimum atomic E-state index is -3.11. The third-order valence-corrected chi connectivity index (χ3v) is 6.23. The lowest BCUT2D eigenvalue weighted by molar-refractivity contribution is 0.258. The molecule has 0 fully saturated rings. The summed E-state index contributed by atoms with van der Waals surface area (Å²) in [5, 5.41) is 0.299. The molecule has 0 unspecified atom stereocenters. The van der Waals surface area contributed by atoms with Crippen LogP contribution >= 0.6 is 0 Å². The van der Waals surface area contributed by atoms with Gasteiger partial charge < -0.3 is 23.4 Å². The quantitative estimate of drug-likeness (QED) is 0.174. The van der Waals surface area contributed by atoms with Crippen LogP contribution in [0, 0.1) is 0 Å². The highest BCUT2D eigenvalue weighted by Gasteiger charge is 2.25. The van der Waals surface area contributed by atoms with Crippen molar-refractivity contribution in [2.45, 2.75) is 13.2 Å². The molecule has 4 aromatic carbocycles. The van der Waals surface area contributed by atoms with Gasteiger partial charge in [0, 0.05) is 19.2 Å². The van der Waals surface area contributed by atoms with Crippen molar-refractivity contribution in [1.29, 1.82) is 0 Å². The van der Waals surface area contributed by atoms with E-state index in [9.17, 15) is 13.4 Å². The fourth-order valence-corrected chi connectivity index (χ4v) is 4.42. The number of aryl methyl sites for hydroxylation is 1. The van der Waals surface area contributed by atoms with Gasteiger partial charge in [0.05, 0.1) is 28.9 Å². The Morgan fingerprint density at radius 3 is 2.05 bits per heavy atom. The smallest absolute Gasteiger partial charge is 0.504 e. The van der Waals surface area contributed by atoms with Gasteiger partial charge >= 0.3 is 7.47 Å². The number of benzene rings is 4. The molecule has 6 nitrogen and oxygen atoms in total. The molecular weight excluding hydrogens is 491 g/mol. The lowest BCUT2D eigenvalue weighted by atomic mass is 10.1. The summed E-state index contributed by atoms with van der Waals surface area (Å²) < 4.78 is 50.6. The van der Waals surface area contributed by atoms with Gasteiger partial charge in [0.15, 0.2) is 11.5 Å². The average Bonchev–Trinajstić information content (AvgIpc) is 2.94. The van der Waals surface area contributed by atoms with Crippen molar-refractivity contribution in [3.05, 3.63) is 106 Å². The van der Waals surface area contributed by atoms with E-state index in [1.807, 2.05) is 60.7 Å². The third-order valence-electron chi connectivity index (χ3n) is 6.23. The Morgan fingerprint density at radius 2 is 1.45 bits per heavy atom. The van der Waals surface area contributed by atoms with Crippen LogP contribution in [0.15, 0.2) is 89.7 Å². The molecular formula is C29H24BF2NO5. The summed E-state index contributed by atoms with van der Waals surface area (Å²) in [5.74, 6) is 0.820. The van der Waals surface area contributed by atoms with Crippen LogP contribution in [0.25, 0.3) is 21.8 Å². The lowest BCUT2D eigenvalue weighted by Gasteiger charge is -2.20. The number of aromatic nitrogens is 1. The standard InChI is InChI=1S/C29H24BF2NO5/c1-33-23-15-21(35-2)16-25(38-30(31)32)26(23)28(34)22-13-14-24(36-17-19-9-5-3-6-10-19)29(27(22)33)37-18-20-11-7-4-8-12-20/h3-16H,17-18H2,1-2H3. The van der Waals surface area contributed by atoms with Gasteiger partial charge in [-0.15, -0.1) is 0 Å². The molecule has 0 aliphatic rings. The Kier molecular flexibility index (Phi) is 7.17. The highest BCUT2D eigenvalue weighted by atomic mass is 19.2. The molecule has 0 radical (unpaired) electrons. The van der Waals surface area contributed by atoms with E-state index in [-0.39, 0.29) is 35.5 Å². The Hall–Kier alpha value is -4.53. The predicted molar refractivity (Wildman–Crippen MR) is 143 cm³/mol. The van der Waals surface area contributed by atoms with Crippen molar-refractivity contribution < 1.29 is 27.5 Å². The van der Waals surface area contributed by atoms with Gasteiger partial charge in [-0.1, -0.05) is 60.7 Å². The largest absolute Gasteiger partial charge is 0.796 e. The Labute approximate surface area is 218 Å². The maximum absolute atomic E-state index is 13.7. The van der Waals surface area contributed by atoms with E-state index in [1.165, 1.54) is 13.2 Å². The molecule has 38 heavy (non-hydrogen) atoms. The van der Waals surface area contributed by atoms with Crippen LogP contribution in [-0.4, -0.2) is 19.1 Å². The number of ether oxygens (including phenoxy) is 3. The zero-order valence-electron chi connectivity index (χ0n) is 20.8. The minimum Gasteiger partial charge on any atom is -0.504 e. The molecule has 0 aliphatic heterocycles. The number of pyridine rings is 1. The number of nitrogens with zero attached hydrogens (tertiary/aromatic N) is 1. The zero-order valence-corrected chi connectivity index (χ0v) is 20.8. The summed E-state index contributed by atoms with van der Waals surface area (Å²) in [4.78, 5) is 13.7. The van der Waals surface area contributed by atoms with Crippen LogP contribution in [0.5, 0.6) is 23.0 Å². The lowest BCUT2D eigenvalue weighted by Crippen LogP contribution is -2.15. The summed E-state index contributed by atoms with van der Waals surface area (Å²) in [7, 11) is 0.0341. The summed E-state index contributed by atoms with van der Waals surface area (Å²) in [6.45, 7) is 0.515. The Bertz CT molecular complexity index is 1640. The second-order valence-corrected chi connectivity index (χ2v) is 8.62. The molecule has 9 heteroatoms. The number of rotatable bonds is 9. The molecule has 0 amide bonds. The highest BCUT2D eigenvalue weighted by Crippen LogP contribution is 2.39. The average molecular weight is 515 g/mol. The molecule has 0 saturated carbocycles. The first kappa shape index (κ1) is 25.1. The van der Waals surface area contributed by atoms with Crippen molar-refractivity contribution in [3.63, 3.8) is 0 Å². The first-order valence-electron chi connectivity index (χ1n) is 11.9. The van der Waals surface area contributed by atoms with Gasteiger partial charge in [-0.3, -0.25) is 4.79 Å². The normalized spacial score (nSPS) is 10.9. The first-order chi connectivity index (χ1) is 18.5. The topological polar surface area (TPSA) is 58.9 Å². The third kappa shape index (κ3) is 5.00. The van der Waals surface area contributed by atoms with E-state index in [4.69, 9.17) is 18.9 Å². The number of halogens is 2. The van der Waals surface area contributed by atoms with Crippen LogP contribution in [0.3, 0.4) is 0 Å². The molecule has 1 heterocycles. The SMILES string of the molecule is COc1cc(OB(F)F)c2c(=O)c3ccc(OCc4ccccc4)c(OCc4ccccc4)c3n(C)c2c1. The van der Waals surface area contributed by atoms with E-state index < -0.39 is 12.9 Å². The van der Waals surface area contributed by atoms with Crippen LogP contribution in [0.1, 0.15) is 11.1 Å². The van der Waals surface area contributed by atoms with Gasteiger partial charge in [0.25, 0.3) is 0 Å². The van der Waals surface area contributed by atoms with Crippen molar-refractivity contribution >= 4 is 29.3 Å². The zero-order chi connectivity index (χ0) is 26.6. The summed E-state index contributed by atoms with van der Waals surface area (Å²) in [6.07, 6.45) is 0. The Balaban J connectivity index is 1.71. The molecule has 0 bridgehead atoms. The fraction of sp³-hybridized carbons (Fsp3) is 0.138. The maximum Gasteiger partial charge on any atom is 0.796 e. The van der Waals surface area contributed by atoms with Crippen LogP contribution in [-0.2, 0) is 20.3 Å². The van der Waals surface area contributed by atoms with E-state index in [2.05, 4.69) is 0 Å². The molecule has 1 aromatic heterocycles. The van der Waals surface area contributed by atoms with Crippen molar-refractivity contribution in [2.24, 2.45) is 7.05 Å². The molecule has 0 N–H and O–H groups in total. The molecule has 0 saturated heterocycles. The first-order valence-corrected chi connectivity index (χ1v) is 11.9. The van der Waals surface area contributed by atoms with Gasteiger partial charge in [0.2, 0.25) is 5.43 Å². The number of methoxy groups -OCH3 is 1. The minimum absolute atomic E-state index is 0.0214. The summed E-state index contributed by atoms with van der Waals surface area (Å²) in [5.41, 5.74) is 2.24. The molecule has 5 aromatic rings. The Morgan fingerprint density at radius 1 is 0.816 bits per heavy atom. The van der Waals surface area contributed by atoms with Gasteiger partial charge in [-0.25, -0.2) is 8.63 Å². The van der Waals surface area contributed by atoms with Crippen molar-refractivity contribution in [3.8, 4) is 23.0 Å². The predicted octanol–water partition coefficient (Wildman–Crippen LogP) is 6.16. The van der Waals surface area contributed by atoms with Gasteiger partial charge in [-0.2, -0.15) is 0 Å². The summed E-state index contributed by atoms with van der Waals surface area (Å²) in [6, 6.07) is 25.4. The van der Waals surface area contributed by atoms with Crippen LogP contribution in [0.2, 0.25) is 0 Å². The van der Waals surface area contributed by atoms with E-state index in [0.717, 1.165) is 11.1 Å². The number of hydrogen-bond acceptors (Lipinski definition) is 5. The second kappa shape index (κ2) is 10.8. The van der Waals surface area contributed by atoms with Crippen LogP contribution in [0.4, 0.5) is 8.63 Å². The molecule has 0 atom stereocenters. The van der Waals surface area contributed by atoms with E-state index >= 15 is 0 Å². The van der Waals surface area contributed by atoms with Gasteiger partial charge in [-0.05, 0) is 23.3 Å². The van der Waals surface area contributed by atoms with E-state index in [1.54, 1.807) is 29.8 Å². The summed E-state index contributed by atoms with van der Waals surface area (Å²) >= 11 is 0. The molecule has 0 aliphatic carbocycles. The second-order valence-electron chi connectivity index (χ2n) is 8.62. The number of hydrogen-bond donors (Lipinski definition) is 0. The number of fused-ring (bicyclic) bond motifs is 2. The highest BCUT2D eigenvalue weighted by molar-refractivity contribution is 6.35. The molecule has 192 valence electrons. The fourth-order valence-electron chi connectivity index (χ4n) is 4.42. The monoisotopic (exact) mass is 515 g/mol. The van der Waals surface area contributed by atoms with Crippen molar-refractivity contribution in [2.75, 3.05) is 7.11 Å².